The molecular weight excluding hydrogens is 458 g/mol. The second kappa shape index (κ2) is 13.6. The van der Waals surface area contributed by atoms with Crippen LogP contribution in [0.15, 0.2) is 18.5 Å². The molecule has 12 nitrogen and oxygen atoms in total. The lowest BCUT2D eigenvalue weighted by Crippen LogP contribution is -2.23. The van der Waals surface area contributed by atoms with Crippen molar-refractivity contribution in [1.29, 1.82) is 0 Å². The molecule has 0 saturated carbocycles. The number of carbonyl (C=O) groups is 3. The standard InChI is InChI=1S/C19H25N5O7.C4H10/c1-11(2)18(26)29-10-30-19(27)23-17-14-5-4-13(24(14)22-9-21-17)15-6-3-12(31-15)8-28-16(25)7-20;1-4(2)3/h4-5,9,11-12,15H,3,6-8,10,20H2,1-2H3,(H,21,22,23,27);4H,1-3H3. The van der Waals surface area contributed by atoms with Gasteiger partial charge in [-0.05, 0) is 30.9 Å². The van der Waals surface area contributed by atoms with Gasteiger partial charge in [-0.25, -0.2) is 14.3 Å². The van der Waals surface area contributed by atoms with Crippen LogP contribution in [0.2, 0.25) is 0 Å². The van der Waals surface area contributed by atoms with Crippen molar-refractivity contribution in [3.8, 4) is 0 Å². The van der Waals surface area contributed by atoms with E-state index in [-0.39, 0.29) is 37.1 Å². The summed E-state index contributed by atoms with van der Waals surface area (Å²) in [5.41, 5.74) is 6.54. The monoisotopic (exact) mass is 493 g/mol. The summed E-state index contributed by atoms with van der Waals surface area (Å²) in [6, 6.07) is 3.57. The van der Waals surface area contributed by atoms with E-state index < -0.39 is 24.8 Å². The summed E-state index contributed by atoms with van der Waals surface area (Å²) in [6.45, 7) is 9.32. The van der Waals surface area contributed by atoms with Crippen LogP contribution in [0.1, 0.15) is 59.3 Å². The molecule has 1 aliphatic rings. The van der Waals surface area contributed by atoms with Gasteiger partial charge in [0.25, 0.3) is 0 Å². The number of esters is 2. The molecule has 35 heavy (non-hydrogen) atoms. The van der Waals surface area contributed by atoms with Gasteiger partial charge in [0, 0.05) is 0 Å². The van der Waals surface area contributed by atoms with Gasteiger partial charge >= 0.3 is 18.0 Å². The van der Waals surface area contributed by atoms with Crippen molar-refractivity contribution in [1.82, 2.24) is 14.6 Å². The van der Waals surface area contributed by atoms with Crippen LogP contribution in [0, 0.1) is 11.8 Å². The molecule has 12 heteroatoms. The van der Waals surface area contributed by atoms with Gasteiger partial charge in [-0.15, -0.1) is 0 Å². The number of amides is 1. The number of nitrogens with two attached hydrogens (primary N) is 1. The number of rotatable bonds is 8. The number of fused-ring (bicyclic) bond motifs is 1. The zero-order valence-electron chi connectivity index (χ0n) is 20.9. The van der Waals surface area contributed by atoms with E-state index in [1.165, 1.54) is 6.33 Å². The quantitative estimate of drug-likeness (QED) is 0.414. The summed E-state index contributed by atoms with van der Waals surface area (Å²) in [5.74, 6) is -0.208. The number of hydrogen-bond donors (Lipinski definition) is 2. The molecule has 1 saturated heterocycles. The maximum absolute atomic E-state index is 12.0. The van der Waals surface area contributed by atoms with E-state index in [0.717, 1.165) is 11.6 Å². The number of nitrogens with zero attached hydrogens (tertiary/aromatic N) is 3. The molecule has 2 unspecified atom stereocenters. The first-order valence-electron chi connectivity index (χ1n) is 11.6. The first-order chi connectivity index (χ1) is 16.6. The van der Waals surface area contributed by atoms with Crippen LogP contribution in [0.5, 0.6) is 0 Å². The molecule has 0 aliphatic carbocycles. The maximum atomic E-state index is 12.0. The predicted octanol–water partition coefficient (Wildman–Crippen LogP) is 2.82. The number of aromatic nitrogens is 3. The van der Waals surface area contributed by atoms with Gasteiger partial charge < -0.3 is 24.7 Å². The summed E-state index contributed by atoms with van der Waals surface area (Å²) in [6.07, 6.45) is 1.42. The van der Waals surface area contributed by atoms with Crippen molar-refractivity contribution >= 4 is 29.4 Å². The molecule has 2 atom stereocenters. The van der Waals surface area contributed by atoms with Crippen LogP contribution in [0.3, 0.4) is 0 Å². The number of ether oxygens (including phenoxy) is 4. The highest BCUT2D eigenvalue weighted by Gasteiger charge is 2.30. The molecule has 1 aliphatic heterocycles. The van der Waals surface area contributed by atoms with E-state index >= 15 is 0 Å². The van der Waals surface area contributed by atoms with Crippen molar-refractivity contribution in [3.05, 3.63) is 24.2 Å². The Morgan fingerprint density at radius 2 is 1.86 bits per heavy atom. The highest BCUT2D eigenvalue weighted by Crippen LogP contribution is 2.34. The second-order valence-corrected chi connectivity index (χ2v) is 8.90. The molecule has 0 radical (unpaired) electrons. The molecule has 0 spiro atoms. The van der Waals surface area contributed by atoms with Crippen LogP contribution in [-0.2, 0) is 28.5 Å². The highest BCUT2D eigenvalue weighted by atomic mass is 16.7. The lowest BCUT2D eigenvalue weighted by atomic mass is 10.1. The van der Waals surface area contributed by atoms with Gasteiger partial charge in [0.2, 0.25) is 6.79 Å². The summed E-state index contributed by atoms with van der Waals surface area (Å²) >= 11 is 0. The van der Waals surface area contributed by atoms with Crippen LogP contribution < -0.4 is 11.1 Å². The molecule has 194 valence electrons. The molecule has 2 aromatic heterocycles. The molecule has 3 rings (SSSR count). The third kappa shape index (κ3) is 8.80. The van der Waals surface area contributed by atoms with Crippen molar-refractivity contribution in [2.24, 2.45) is 17.6 Å². The normalized spacial score (nSPS) is 17.1. The summed E-state index contributed by atoms with van der Waals surface area (Å²) < 4.78 is 22.3. The largest absolute Gasteiger partial charge is 0.462 e. The summed E-state index contributed by atoms with van der Waals surface area (Å²) in [5, 5.41) is 6.74. The molecule has 3 N–H and O–H groups in total. The SMILES string of the molecule is CC(C)C.CC(C)C(=O)OCOC(=O)Nc1ncnn2c(C3CCC(COC(=O)CN)O3)ccc12. The molecule has 3 heterocycles. The fourth-order valence-corrected chi connectivity index (χ4v) is 3.03. The Kier molecular flexibility index (Phi) is 10.9. The van der Waals surface area contributed by atoms with Crippen molar-refractivity contribution < 1.29 is 33.3 Å². The molecule has 2 aromatic rings. The molecule has 1 amide bonds. The Hall–Kier alpha value is -3.25. The highest BCUT2D eigenvalue weighted by molar-refractivity contribution is 5.88. The topological polar surface area (TPSA) is 156 Å². The average Bonchev–Trinajstić information content (AvgIpc) is 3.44. The zero-order chi connectivity index (χ0) is 26.0. The van der Waals surface area contributed by atoms with Gasteiger partial charge in [-0.1, -0.05) is 34.6 Å². The van der Waals surface area contributed by atoms with E-state index in [1.807, 2.05) is 6.07 Å². The molecule has 0 bridgehead atoms. The lowest BCUT2D eigenvalue weighted by molar-refractivity contribution is -0.155. The minimum Gasteiger partial charge on any atom is -0.462 e. The third-order valence-corrected chi connectivity index (χ3v) is 4.60. The zero-order valence-corrected chi connectivity index (χ0v) is 20.9. The average molecular weight is 494 g/mol. The Bertz CT molecular complexity index is 989. The summed E-state index contributed by atoms with van der Waals surface area (Å²) in [7, 11) is 0. The van der Waals surface area contributed by atoms with Gasteiger partial charge in [0.15, 0.2) is 5.82 Å². The fourth-order valence-electron chi connectivity index (χ4n) is 3.03. The van der Waals surface area contributed by atoms with E-state index in [1.54, 1.807) is 24.4 Å². The minimum atomic E-state index is -0.821. The Labute approximate surface area is 204 Å². The number of anilines is 1. The van der Waals surface area contributed by atoms with Crippen molar-refractivity contribution in [3.63, 3.8) is 0 Å². The van der Waals surface area contributed by atoms with Gasteiger partial charge in [0.05, 0.1) is 24.3 Å². The minimum absolute atomic E-state index is 0.144. The van der Waals surface area contributed by atoms with E-state index in [2.05, 4.69) is 36.2 Å². The van der Waals surface area contributed by atoms with Crippen molar-refractivity contribution in [2.45, 2.75) is 59.7 Å². The van der Waals surface area contributed by atoms with Gasteiger partial charge in [-0.3, -0.25) is 14.9 Å². The van der Waals surface area contributed by atoms with E-state index in [0.29, 0.717) is 18.4 Å². The summed E-state index contributed by atoms with van der Waals surface area (Å²) in [4.78, 5) is 38.7. The Morgan fingerprint density at radius 3 is 2.51 bits per heavy atom. The number of hydrogen-bond acceptors (Lipinski definition) is 10. The molecule has 1 fully saturated rings. The smallest absolute Gasteiger partial charge is 0.415 e. The second-order valence-electron chi connectivity index (χ2n) is 8.90. The first kappa shape index (κ1) is 28.0. The van der Waals surface area contributed by atoms with E-state index in [9.17, 15) is 14.4 Å². The molecule has 0 aromatic carbocycles. The first-order valence-corrected chi connectivity index (χ1v) is 11.6. The van der Waals surface area contributed by atoms with Crippen LogP contribution >= 0.6 is 0 Å². The number of carbonyl (C=O) groups excluding carboxylic acids is 3. The van der Waals surface area contributed by atoms with Crippen LogP contribution in [0.4, 0.5) is 10.6 Å². The maximum Gasteiger partial charge on any atom is 0.415 e. The predicted molar refractivity (Wildman–Crippen MR) is 126 cm³/mol. The van der Waals surface area contributed by atoms with Crippen LogP contribution in [0.25, 0.3) is 5.52 Å². The van der Waals surface area contributed by atoms with E-state index in [4.69, 9.17) is 24.7 Å². The number of nitrogens with one attached hydrogen (secondary N) is 1. The van der Waals surface area contributed by atoms with Crippen molar-refractivity contribution in [2.75, 3.05) is 25.3 Å². The van der Waals surface area contributed by atoms with Crippen LogP contribution in [-0.4, -0.2) is 58.7 Å². The molecular formula is C23H35N5O7. The fraction of sp³-hybridized carbons (Fsp3) is 0.609. The third-order valence-electron chi connectivity index (χ3n) is 4.60. The lowest BCUT2D eigenvalue weighted by Gasteiger charge is -2.14. The van der Waals surface area contributed by atoms with Gasteiger partial charge in [-0.2, -0.15) is 5.10 Å². The van der Waals surface area contributed by atoms with Gasteiger partial charge in [0.1, 0.15) is 24.6 Å². The Balaban J connectivity index is 0.00000100. The Morgan fingerprint density at radius 1 is 1.14 bits per heavy atom.